The van der Waals surface area contributed by atoms with Gasteiger partial charge in [0.05, 0.1) is 6.04 Å². The van der Waals surface area contributed by atoms with Crippen LogP contribution in [0.25, 0.3) is 11.3 Å². The zero-order valence-electron chi connectivity index (χ0n) is 16.3. The van der Waals surface area contributed by atoms with Gasteiger partial charge in [-0.3, -0.25) is 9.89 Å². The molecule has 0 bridgehead atoms. The van der Waals surface area contributed by atoms with Crippen molar-refractivity contribution in [2.24, 2.45) is 0 Å². The number of benzene rings is 2. The Balaban J connectivity index is 1.85. The van der Waals surface area contributed by atoms with E-state index in [0.717, 1.165) is 11.1 Å². The lowest BCUT2D eigenvalue weighted by atomic mass is 9.95. The van der Waals surface area contributed by atoms with E-state index in [1.54, 1.807) is 30.2 Å². The second kappa shape index (κ2) is 7.67. The highest BCUT2D eigenvalue weighted by molar-refractivity contribution is 6.00. The second-order valence-electron chi connectivity index (χ2n) is 7.18. The minimum Gasteiger partial charge on any atom is -0.507 e. The van der Waals surface area contributed by atoms with Gasteiger partial charge < -0.3 is 14.7 Å². The van der Waals surface area contributed by atoms with Crippen molar-refractivity contribution in [2.45, 2.75) is 19.4 Å². The van der Waals surface area contributed by atoms with Crippen LogP contribution in [0.1, 0.15) is 39.6 Å². The SMILES string of the molecule is COCCCN1C(=O)c2[nH]nc(-c3cc(C)ccc3O)c2C1c1ccc(F)cc1. The van der Waals surface area contributed by atoms with E-state index in [2.05, 4.69) is 10.2 Å². The van der Waals surface area contributed by atoms with Gasteiger partial charge in [-0.25, -0.2) is 4.39 Å². The lowest BCUT2D eigenvalue weighted by Crippen LogP contribution is -2.31. The van der Waals surface area contributed by atoms with Crippen LogP contribution in [0.3, 0.4) is 0 Å². The van der Waals surface area contributed by atoms with Crippen LogP contribution in [0.2, 0.25) is 0 Å². The molecule has 150 valence electrons. The zero-order chi connectivity index (χ0) is 20.5. The molecular formula is C22H22FN3O3. The predicted octanol–water partition coefficient (Wildman–Crippen LogP) is 3.81. The summed E-state index contributed by atoms with van der Waals surface area (Å²) >= 11 is 0. The van der Waals surface area contributed by atoms with Crippen molar-refractivity contribution in [1.29, 1.82) is 0 Å². The highest BCUT2D eigenvalue weighted by Crippen LogP contribution is 2.44. The van der Waals surface area contributed by atoms with Crippen molar-refractivity contribution < 1.29 is 19.0 Å². The monoisotopic (exact) mass is 395 g/mol. The number of hydrogen-bond acceptors (Lipinski definition) is 4. The smallest absolute Gasteiger partial charge is 0.273 e. The van der Waals surface area contributed by atoms with E-state index in [9.17, 15) is 14.3 Å². The molecule has 1 amide bonds. The molecule has 1 aromatic heterocycles. The van der Waals surface area contributed by atoms with Gasteiger partial charge in [-0.05, 0) is 43.2 Å². The molecule has 1 atom stereocenters. The van der Waals surface area contributed by atoms with Crippen molar-refractivity contribution in [1.82, 2.24) is 15.1 Å². The number of nitrogens with one attached hydrogen (secondary N) is 1. The lowest BCUT2D eigenvalue weighted by molar-refractivity contribution is 0.0723. The van der Waals surface area contributed by atoms with Gasteiger partial charge in [-0.15, -0.1) is 0 Å². The first-order chi connectivity index (χ1) is 14.0. The normalized spacial score (nSPS) is 15.8. The molecule has 0 saturated carbocycles. The Morgan fingerprint density at radius 2 is 2.00 bits per heavy atom. The standard InChI is InChI=1S/C22H22FN3O3/c1-13-4-9-17(27)16(12-13)19-18-20(25-24-19)22(28)26(10-3-11-29-2)21(18)14-5-7-15(23)8-6-14/h4-9,12,21,27H,3,10-11H2,1-2H3,(H,24,25). The highest BCUT2D eigenvalue weighted by Gasteiger charge is 2.42. The molecule has 0 radical (unpaired) electrons. The predicted molar refractivity (Wildman–Crippen MR) is 106 cm³/mol. The summed E-state index contributed by atoms with van der Waals surface area (Å²) in [6.45, 7) is 2.93. The number of aromatic amines is 1. The van der Waals surface area contributed by atoms with E-state index in [1.165, 1.54) is 12.1 Å². The van der Waals surface area contributed by atoms with Gasteiger partial charge in [-0.1, -0.05) is 23.8 Å². The van der Waals surface area contributed by atoms with Crippen molar-refractivity contribution in [3.8, 4) is 17.0 Å². The minimum atomic E-state index is -0.427. The molecule has 29 heavy (non-hydrogen) atoms. The summed E-state index contributed by atoms with van der Waals surface area (Å²) < 4.78 is 18.7. The van der Waals surface area contributed by atoms with Crippen molar-refractivity contribution in [2.75, 3.05) is 20.3 Å². The molecule has 1 aliphatic heterocycles. The summed E-state index contributed by atoms with van der Waals surface area (Å²) in [5.74, 6) is -0.419. The number of rotatable bonds is 6. The van der Waals surface area contributed by atoms with Crippen LogP contribution in [-0.2, 0) is 4.74 Å². The number of halogens is 1. The number of aryl methyl sites for hydroxylation is 1. The van der Waals surface area contributed by atoms with Crippen LogP contribution in [0, 0.1) is 12.7 Å². The fourth-order valence-electron chi connectivity index (χ4n) is 3.84. The Bertz CT molecular complexity index is 1050. The second-order valence-corrected chi connectivity index (χ2v) is 7.18. The number of carbonyl (C=O) groups is 1. The number of fused-ring (bicyclic) bond motifs is 1. The number of phenolic OH excluding ortho intramolecular Hbond substituents is 1. The number of hydrogen-bond donors (Lipinski definition) is 2. The van der Waals surface area contributed by atoms with Gasteiger partial charge in [0, 0.05) is 31.4 Å². The molecule has 0 spiro atoms. The average molecular weight is 395 g/mol. The number of carbonyl (C=O) groups excluding carboxylic acids is 1. The van der Waals surface area contributed by atoms with Crippen molar-refractivity contribution in [3.05, 3.63) is 70.7 Å². The van der Waals surface area contributed by atoms with Crippen LogP contribution >= 0.6 is 0 Å². The largest absolute Gasteiger partial charge is 0.507 e. The Hall–Kier alpha value is -3.19. The lowest BCUT2D eigenvalue weighted by Gasteiger charge is -2.26. The molecule has 3 aromatic rings. The van der Waals surface area contributed by atoms with Gasteiger partial charge >= 0.3 is 0 Å². The quantitative estimate of drug-likeness (QED) is 0.622. The number of methoxy groups -OCH3 is 1. The first-order valence-electron chi connectivity index (χ1n) is 9.45. The number of nitrogens with zero attached hydrogens (tertiary/aromatic N) is 2. The summed E-state index contributed by atoms with van der Waals surface area (Å²) in [6, 6.07) is 11.0. The highest BCUT2D eigenvalue weighted by atomic mass is 19.1. The molecule has 1 unspecified atom stereocenters. The molecule has 1 aliphatic rings. The molecule has 6 nitrogen and oxygen atoms in total. The topological polar surface area (TPSA) is 78.5 Å². The molecule has 2 aromatic carbocycles. The third-order valence-corrected chi connectivity index (χ3v) is 5.20. The number of amides is 1. The van der Waals surface area contributed by atoms with Crippen molar-refractivity contribution >= 4 is 5.91 Å². The zero-order valence-corrected chi connectivity index (χ0v) is 16.3. The Kier molecular flexibility index (Phi) is 5.07. The molecule has 2 heterocycles. The van der Waals surface area contributed by atoms with E-state index in [0.29, 0.717) is 42.1 Å². The Labute approximate surface area is 167 Å². The Morgan fingerprint density at radius 3 is 2.72 bits per heavy atom. The average Bonchev–Trinajstić information content (AvgIpc) is 3.24. The summed E-state index contributed by atoms with van der Waals surface area (Å²) in [5, 5.41) is 17.6. The molecule has 0 saturated heterocycles. The summed E-state index contributed by atoms with van der Waals surface area (Å²) in [7, 11) is 1.62. The van der Waals surface area contributed by atoms with Crippen LogP contribution in [0.4, 0.5) is 4.39 Å². The summed E-state index contributed by atoms with van der Waals surface area (Å²) in [6.07, 6.45) is 0.669. The van der Waals surface area contributed by atoms with Gasteiger partial charge in [0.1, 0.15) is 23.0 Å². The number of aromatic hydroxyl groups is 1. The molecule has 7 heteroatoms. The fraction of sp³-hybridized carbons (Fsp3) is 0.273. The number of phenols is 1. The van der Waals surface area contributed by atoms with Gasteiger partial charge in [0.25, 0.3) is 5.91 Å². The van der Waals surface area contributed by atoms with Gasteiger partial charge in [-0.2, -0.15) is 5.10 Å². The van der Waals surface area contributed by atoms with E-state index in [-0.39, 0.29) is 17.5 Å². The molecular weight excluding hydrogens is 373 g/mol. The van der Waals surface area contributed by atoms with Crippen LogP contribution in [0.5, 0.6) is 5.75 Å². The van der Waals surface area contributed by atoms with E-state index in [1.807, 2.05) is 19.1 Å². The number of aromatic nitrogens is 2. The van der Waals surface area contributed by atoms with Crippen LogP contribution in [-0.4, -0.2) is 46.4 Å². The third kappa shape index (κ3) is 3.38. The first-order valence-corrected chi connectivity index (χ1v) is 9.45. The number of ether oxygens (including phenoxy) is 1. The van der Waals surface area contributed by atoms with Crippen LogP contribution in [0.15, 0.2) is 42.5 Å². The maximum Gasteiger partial charge on any atom is 0.273 e. The van der Waals surface area contributed by atoms with E-state index < -0.39 is 6.04 Å². The van der Waals surface area contributed by atoms with Crippen LogP contribution < -0.4 is 0 Å². The molecule has 2 N–H and O–H groups in total. The minimum absolute atomic E-state index is 0.0908. The third-order valence-electron chi connectivity index (χ3n) is 5.20. The van der Waals surface area contributed by atoms with Crippen molar-refractivity contribution in [3.63, 3.8) is 0 Å². The molecule has 0 fully saturated rings. The van der Waals surface area contributed by atoms with Gasteiger partial charge in [0.15, 0.2) is 0 Å². The summed E-state index contributed by atoms with van der Waals surface area (Å²) in [5.41, 5.74) is 3.92. The molecule has 4 rings (SSSR count). The Morgan fingerprint density at radius 1 is 1.24 bits per heavy atom. The molecule has 0 aliphatic carbocycles. The van der Waals surface area contributed by atoms with E-state index in [4.69, 9.17) is 4.74 Å². The first kappa shape index (κ1) is 19.1. The maximum absolute atomic E-state index is 13.5. The van der Waals surface area contributed by atoms with Gasteiger partial charge in [0.2, 0.25) is 0 Å². The fourth-order valence-corrected chi connectivity index (χ4v) is 3.84. The number of H-pyrrole nitrogens is 1. The van der Waals surface area contributed by atoms with E-state index >= 15 is 0 Å². The maximum atomic E-state index is 13.5. The summed E-state index contributed by atoms with van der Waals surface area (Å²) in [4.78, 5) is 14.9.